The minimum Gasteiger partial charge on any atom is -0.480 e. The van der Waals surface area contributed by atoms with Crippen LogP contribution in [0.15, 0.2) is 41.2 Å². The third-order valence-electron chi connectivity index (χ3n) is 5.73. The number of benzene rings is 2. The Balaban J connectivity index is 1.73. The molecule has 2 aromatic carbocycles. The summed E-state index contributed by atoms with van der Waals surface area (Å²) >= 11 is 0. The number of hydrogen-bond donors (Lipinski definition) is 1. The second kappa shape index (κ2) is 9.56. The van der Waals surface area contributed by atoms with Gasteiger partial charge in [0.2, 0.25) is 0 Å². The maximum absolute atomic E-state index is 15.1. The molecule has 0 bridgehead atoms. The van der Waals surface area contributed by atoms with Crippen LogP contribution in [0, 0.1) is 5.82 Å². The molecule has 1 aliphatic rings. The second-order valence-electron chi connectivity index (χ2n) is 8.35. The number of carbonyl (C=O) groups excluding carboxylic acids is 1. The number of ether oxygens (including phenoxy) is 1. The maximum Gasteiger partial charge on any atom is 0.425 e. The standard InChI is InChI=1S/C23H19F7N4O3/c1-12(22(25,26)27)37-18-11-17(34-21(36)33-9-3-2-4-19(33)32-34)16(24)10-15(18)20(35)31-14-7-5-13(6-8-14)23(28,29)30/h5-8,10-12H,2-4,9H2,1H3,(H,31,35)/t12-/m0/s1. The van der Waals surface area contributed by atoms with Crippen LogP contribution in [0.25, 0.3) is 5.69 Å². The number of aromatic nitrogens is 3. The Hall–Kier alpha value is -3.84. The first kappa shape index (κ1) is 26.2. The molecule has 0 unspecified atom stereocenters. The summed E-state index contributed by atoms with van der Waals surface area (Å²) in [7, 11) is 0. The fourth-order valence-electron chi connectivity index (χ4n) is 3.73. The van der Waals surface area contributed by atoms with Crippen LogP contribution in [0.3, 0.4) is 0 Å². The van der Waals surface area contributed by atoms with Crippen LogP contribution in [0.4, 0.5) is 36.4 Å². The summed E-state index contributed by atoms with van der Waals surface area (Å²) < 4.78 is 100. The van der Waals surface area contributed by atoms with Crippen molar-refractivity contribution in [1.82, 2.24) is 14.3 Å². The molecule has 4 rings (SSSR count). The SMILES string of the molecule is C[C@H](Oc1cc(-n2nc3n(c2=O)CCCC3)c(F)cc1C(=O)Nc1ccc(C(F)(F)F)cc1)C(F)(F)F. The van der Waals surface area contributed by atoms with E-state index in [0.29, 0.717) is 55.0 Å². The van der Waals surface area contributed by atoms with E-state index in [4.69, 9.17) is 4.74 Å². The number of fused-ring (bicyclic) bond motifs is 1. The van der Waals surface area contributed by atoms with Crippen LogP contribution in [-0.2, 0) is 19.1 Å². The number of aryl methyl sites for hydroxylation is 1. The van der Waals surface area contributed by atoms with Gasteiger partial charge in [-0.3, -0.25) is 9.36 Å². The lowest BCUT2D eigenvalue weighted by Gasteiger charge is -2.20. The minimum atomic E-state index is -4.85. The zero-order valence-electron chi connectivity index (χ0n) is 19.1. The molecule has 7 nitrogen and oxygen atoms in total. The fourth-order valence-corrected chi connectivity index (χ4v) is 3.73. The molecule has 1 aliphatic heterocycles. The molecule has 0 saturated heterocycles. The van der Waals surface area contributed by atoms with Gasteiger partial charge in [0.25, 0.3) is 5.91 Å². The van der Waals surface area contributed by atoms with E-state index in [-0.39, 0.29) is 5.69 Å². The van der Waals surface area contributed by atoms with Crippen LogP contribution >= 0.6 is 0 Å². The third-order valence-corrected chi connectivity index (χ3v) is 5.73. The summed E-state index contributed by atoms with van der Waals surface area (Å²) in [5.74, 6) is -2.62. The monoisotopic (exact) mass is 532 g/mol. The zero-order valence-corrected chi connectivity index (χ0v) is 19.1. The molecule has 0 aliphatic carbocycles. The van der Waals surface area contributed by atoms with Gasteiger partial charge in [-0.25, -0.2) is 9.18 Å². The van der Waals surface area contributed by atoms with Crippen molar-refractivity contribution in [2.45, 2.75) is 51.2 Å². The molecule has 37 heavy (non-hydrogen) atoms. The number of rotatable bonds is 5. The molecule has 0 fully saturated rings. The molecule has 0 saturated carbocycles. The Labute approximate surface area is 204 Å². The number of hydrogen-bond acceptors (Lipinski definition) is 4. The van der Waals surface area contributed by atoms with E-state index >= 15 is 4.39 Å². The van der Waals surface area contributed by atoms with Crippen molar-refractivity contribution in [3.8, 4) is 11.4 Å². The van der Waals surface area contributed by atoms with Gasteiger partial charge in [0.15, 0.2) is 6.10 Å². The van der Waals surface area contributed by atoms with Crippen LogP contribution in [0.1, 0.15) is 41.5 Å². The average Bonchev–Trinajstić information content (AvgIpc) is 3.15. The number of anilines is 1. The summed E-state index contributed by atoms with van der Waals surface area (Å²) in [6.07, 6.45) is -10.00. The first-order valence-electron chi connectivity index (χ1n) is 11.0. The quantitative estimate of drug-likeness (QED) is 0.464. The third kappa shape index (κ3) is 5.47. The molecule has 2 heterocycles. The Kier molecular flexibility index (Phi) is 6.78. The van der Waals surface area contributed by atoms with Crippen molar-refractivity contribution in [3.63, 3.8) is 0 Å². The van der Waals surface area contributed by atoms with Gasteiger partial charge in [0, 0.05) is 24.7 Å². The van der Waals surface area contributed by atoms with E-state index in [1.165, 1.54) is 4.57 Å². The largest absolute Gasteiger partial charge is 0.480 e. The van der Waals surface area contributed by atoms with Crippen LogP contribution < -0.4 is 15.7 Å². The first-order chi connectivity index (χ1) is 17.3. The zero-order chi connectivity index (χ0) is 27.1. The van der Waals surface area contributed by atoms with E-state index < -0.39 is 58.4 Å². The van der Waals surface area contributed by atoms with Crippen molar-refractivity contribution in [2.24, 2.45) is 0 Å². The topological polar surface area (TPSA) is 78.2 Å². The number of alkyl halides is 6. The number of carbonyl (C=O) groups is 1. The Morgan fingerprint density at radius 3 is 2.35 bits per heavy atom. The summed E-state index contributed by atoms with van der Waals surface area (Å²) in [5, 5.41) is 6.28. The van der Waals surface area contributed by atoms with Gasteiger partial charge in [0.1, 0.15) is 23.1 Å². The van der Waals surface area contributed by atoms with Gasteiger partial charge in [-0.05, 0) is 50.1 Å². The molecule has 1 aromatic heterocycles. The predicted molar refractivity (Wildman–Crippen MR) is 116 cm³/mol. The lowest BCUT2D eigenvalue weighted by atomic mass is 10.1. The van der Waals surface area contributed by atoms with Crippen LogP contribution in [0.5, 0.6) is 5.75 Å². The highest BCUT2D eigenvalue weighted by Gasteiger charge is 2.39. The molecule has 1 N–H and O–H groups in total. The van der Waals surface area contributed by atoms with Crippen molar-refractivity contribution in [2.75, 3.05) is 5.32 Å². The maximum atomic E-state index is 15.1. The molecule has 1 atom stereocenters. The summed E-state index contributed by atoms with van der Waals surface area (Å²) in [5.41, 5.74) is -3.02. The number of nitrogens with one attached hydrogen (secondary N) is 1. The Morgan fingerprint density at radius 1 is 1.08 bits per heavy atom. The normalized spacial score (nSPS) is 14.7. The Bertz CT molecular complexity index is 1380. The lowest BCUT2D eigenvalue weighted by molar-refractivity contribution is -0.189. The molecule has 0 spiro atoms. The van der Waals surface area contributed by atoms with Gasteiger partial charge < -0.3 is 10.1 Å². The van der Waals surface area contributed by atoms with E-state index in [2.05, 4.69) is 10.4 Å². The molecular weight excluding hydrogens is 513 g/mol. The van der Waals surface area contributed by atoms with E-state index in [1.807, 2.05) is 0 Å². The molecule has 0 radical (unpaired) electrons. The first-order valence-corrected chi connectivity index (χ1v) is 11.0. The van der Waals surface area contributed by atoms with Crippen molar-refractivity contribution < 1.29 is 40.3 Å². The van der Waals surface area contributed by atoms with Gasteiger partial charge in [-0.1, -0.05) is 0 Å². The van der Waals surface area contributed by atoms with Gasteiger partial charge in [-0.15, -0.1) is 5.10 Å². The number of halogens is 7. The van der Waals surface area contributed by atoms with Crippen molar-refractivity contribution in [1.29, 1.82) is 0 Å². The molecule has 1 amide bonds. The lowest BCUT2D eigenvalue weighted by Crippen LogP contribution is -2.32. The number of nitrogens with zero attached hydrogens (tertiary/aromatic N) is 3. The second-order valence-corrected chi connectivity index (χ2v) is 8.35. The van der Waals surface area contributed by atoms with Gasteiger partial charge >= 0.3 is 18.0 Å². The molecule has 3 aromatic rings. The Morgan fingerprint density at radius 2 is 1.76 bits per heavy atom. The molecular formula is C23H19F7N4O3. The summed E-state index contributed by atoms with van der Waals surface area (Å²) in [6.45, 7) is 1.01. The van der Waals surface area contributed by atoms with Gasteiger partial charge in [-0.2, -0.15) is 31.0 Å². The van der Waals surface area contributed by atoms with E-state index in [9.17, 15) is 35.9 Å². The fraction of sp³-hybridized carbons (Fsp3) is 0.348. The highest BCUT2D eigenvalue weighted by Crippen LogP contribution is 2.32. The summed E-state index contributed by atoms with van der Waals surface area (Å²) in [4.78, 5) is 25.6. The predicted octanol–water partition coefficient (Wildman–Crippen LogP) is 5.11. The smallest absolute Gasteiger partial charge is 0.425 e. The van der Waals surface area contributed by atoms with Gasteiger partial charge in [0.05, 0.1) is 11.1 Å². The van der Waals surface area contributed by atoms with Crippen molar-refractivity contribution in [3.05, 3.63) is 69.7 Å². The van der Waals surface area contributed by atoms with Crippen LogP contribution in [0.2, 0.25) is 0 Å². The summed E-state index contributed by atoms with van der Waals surface area (Å²) in [6, 6.07) is 4.58. The molecule has 14 heteroatoms. The van der Waals surface area contributed by atoms with E-state index in [1.54, 1.807) is 0 Å². The average molecular weight is 532 g/mol. The highest BCUT2D eigenvalue weighted by atomic mass is 19.4. The van der Waals surface area contributed by atoms with Crippen LogP contribution in [-0.4, -0.2) is 32.5 Å². The van der Waals surface area contributed by atoms with E-state index in [0.717, 1.165) is 24.6 Å². The van der Waals surface area contributed by atoms with Crippen molar-refractivity contribution >= 4 is 11.6 Å². The molecule has 198 valence electrons. The number of amides is 1. The highest BCUT2D eigenvalue weighted by molar-refractivity contribution is 6.06. The minimum absolute atomic E-state index is 0.129.